The lowest BCUT2D eigenvalue weighted by Gasteiger charge is -2.34. The van der Waals surface area contributed by atoms with E-state index in [0.29, 0.717) is 23.5 Å². The monoisotopic (exact) mass is 380 g/mol. The van der Waals surface area contributed by atoms with Crippen LogP contribution in [0.4, 0.5) is 0 Å². The van der Waals surface area contributed by atoms with Gasteiger partial charge in [-0.25, -0.2) is 9.78 Å². The zero-order chi connectivity index (χ0) is 20.2. The van der Waals surface area contributed by atoms with E-state index in [1.54, 1.807) is 25.4 Å². The average Bonchev–Trinajstić information content (AvgIpc) is 3.19. The first kappa shape index (κ1) is 18.0. The van der Waals surface area contributed by atoms with Gasteiger partial charge in [0.2, 0.25) is 5.82 Å². The molecule has 28 heavy (non-hydrogen) atoms. The van der Waals surface area contributed by atoms with E-state index in [1.807, 2.05) is 30.5 Å². The number of carbonyl (C=O) groups is 3. The quantitative estimate of drug-likeness (QED) is 0.673. The van der Waals surface area contributed by atoms with E-state index in [0.717, 1.165) is 10.9 Å². The third-order valence-electron chi connectivity index (χ3n) is 5.11. The largest absolute Gasteiger partial charge is 0.475 e. The van der Waals surface area contributed by atoms with Crippen molar-refractivity contribution < 1.29 is 19.5 Å². The van der Waals surface area contributed by atoms with Crippen LogP contribution in [0.25, 0.3) is 10.9 Å². The fourth-order valence-electron chi connectivity index (χ4n) is 3.74. The number of Topliss-reactive ketones (excluding diaryl/α,β-unsaturated/α-hetero) is 1. The Morgan fingerprint density at radius 2 is 2.04 bits per heavy atom. The van der Waals surface area contributed by atoms with Gasteiger partial charge in [0, 0.05) is 36.3 Å². The van der Waals surface area contributed by atoms with Gasteiger partial charge >= 0.3 is 5.97 Å². The van der Waals surface area contributed by atoms with Crippen LogP contribution in [-0.4, -0.2) is 43.4 Å². The molecule has 1 aliphatic rings. The second kappa shape index (κ2) is 6.05. The van der Waals surface area contributed by atoms with Crippen LogP contribution < -0.4 is 5.32 Å². The second-order valence-corrected chi connectivity index (χ2v) is 7.71. The maximum atomic E-state index is 12.8. The summed E-state index contributed by atoms with van der Waals surface area (Å²) >= 11 is 0. The first-order chi connectivity index (χ1) is 13.2. The number of nitrogens with one attached hydrogen (secondary N) is 1. The summed E-state index contributed by atoms with van der Waals surface area (Å²) in [5.41, 5.74) is 1.99. The number of nitrogens with zero attached hydrogens (tertiary/aromatic N) is 3. The summed E-state index contributed by atoms with van der Waals surface area (Å²) in [6.07, 6.45) is 1.55. The molecule has 0 fully saturated rings. The van der Waals surface area contributed by atoms with Gasteiger partial charge in [0.05, 0.1) is 17.7 Å². The number of imidazole rings is 1. The minimum absolute atomic E-state index is 0.00404. The molecular weight excluding hydrogens is 360 g/mol. The zero-order valence-corrected chi connectivity index (χ0v) is 15.8. The van der Waals surface area contributed by atoms with Gasteiger partial charge in [-0.05, 0) is 26.0 Å². The van der Waals surface area contributed by atoms with E-state index in [4.69, 9.17) is 5.11 Å². The van der Waals surface area contributed by atoms with Gasteiger partial charge in [-0.2, -0.15) is 0 Å². The van der Waals surface area contributed by atoms with Crippen LogP contribution >= 0.6 is 0 Å². The highest BCUT2D eigenvalue weighted by atomic mass is 16.4. The molecule has 0 radical (unpaired) electrons. The number of benzene rings is 1. The highest BCUT2D eigenvalue weighted by Gasteiger charge is 2.32. The molecule has 0 atom stereocenters. The molecule has 1 aromatic carbocycles. The van der Waals surface area contributed by atoms with Crippen LogP contribution in [0.3, 0.4) is 0 Å². The predicted octanol–water partition coefficient (Wildman–Crippen LogP) is 1.98. The van der Waals surface area contributed by atoms with Crippen molar-refractivity contribution in [2.24, 2.45) is 7.05 Å². The molecule has 2 aromatic heterocycles. The molecule has 4 rings (SSSR count). The maximum Gasteiger partial charge on any atom is 0.372 e. The molecule has 8 heteroatoms. The number of carboxylic acid groups (broad SMARTS) is 1. The van der Waals surface area contributed by atoms with Gasteiger partial charge in [-0.15, -0.1) is 0 Å². The van der Waals surface area contributed by atoms with Crippen molar-refractivity contribution in [1.82, 2.24) is 19.4 Å². The van der Waals surface area contributed by atoms with E-state index >= 15 is 0 Å². The van der Waals surface area contributed by atoms with E-state index in [1.165, 1.54) is 4.57 Å². The molecule has 1 aliphatic heterocycles. The Bertz CT molecular complexity index is 1150. The molecule has 8 nitrogen and oxygen atoms in total. The van der Waals surface area contributed by atoms with E-state index < -0.39 is 5.97 Å². The van der Waals surface area contributed by atoms with Crippen LogP contribution in [0, 0.1) is 0 Å². The Morgan fingerprint density at radius 3 is 2.71 bits per heavy atom. The summed E-state index contributed by atoms with van der Waals surface area (Å²) in [5, 5.41) is 12.9. The second-order valence-electron chi connectivity index (χ2n) is 7.71. The summed E-state index contributed by atoms with van der Waals surface area (Å²) in [6, 6.07) is 7.18. The van der Waals surface area contributed by atoms with Crippen molar-refractivity contribution in [1.29, 1.82) is 0 Å². The minimum Gasteiger partial charge on any atom is -0.475 e. The lowest BCUT2D eigenvalue weighted by molar-refractivity contribution is 0.0678. The number of hydrogen-bond donors (Lipinski definition) is 2. The van der Waals surface area contributed by atoms with Crippen molar-refractivity contribution in [3.8, 4) is 0 Å². The Hall–Kier alpha value is -3.42. The molecule has 0 unspecified atom stereocenters. The van der Waals surface area contributed by atoms with Crippen molar-refractivity contribution in [3.05, 3.63) is 53.2 Å². The molecule has 2 N–H and O–H groups in total. The number of aromatic carboxylic acids is 1. The molecule has 0 bridgehead atoms. The SMILES string of the molecule is Cn1cc(CC(=O)c2ccc3cc4n(c3c2)C(C)(C)CNC4=O)nc1C(=O)O. The molecule has 0 spiro atoms. The van der Waals surface area contributed by atoms with Gasteiger partial charge in [0.25, 0.3) is 5.91 Å². The average molecular weight is 380 g/mol. The molecular formula is C20H20N4O4. The van der Waals surface area contributed by atoms with E-state index in [9.17, 15) is 14.4 Å². The lowest BCUT2D eigenvalue weighted by Crippen LogP contribution is -2.47. The molecule has 0 aliphatic carbocycles. The summed E-state index contributed by atoms with van der Waals surface area (Å²) in [7, 11) is 1.58. The van der Waals surface area contributed by atoms with Gasteiger partial charge in [-0.1, -0.05) is 12.1 Å². The first-order valence-corrected chi connectivity index (χ1v) is 8.90. The number of rotatable bonds is 4. The number of carbonyl (C=O) groups excluding carboxylic acids is 2. The molecule has 1 amide bonds. The minimum atomic E-state index is -1.14. The Morgan fingerprint density at radius 1 is 1.29 bits per heavy atom. The van der Waals surface area contributed by atoms with E-state index in [-0.39, 0.29) is 29.5 Å². The first-order valence-electron chi connectivity index (χ1n) is 8.90. The summed E-state index contributed by atoms with van der Waals surface area (Å²) in [6.45, 7) is 4.57. The summed E-state index contributed by atoms with van der Waals surface area (Å²) < 4.78 is 3.36. The van der Waals surface area contributed by atoms with Crippen LogP contribution in [-0.2, 0) is 19.0 Å². The standard InChI is InChI=1S/C20H20N4O4/c1-20(2)10-21-18(26)15-6-11-4-5-12(7-14(11)24(15)20)16(25)8-13-9-23(3)17(22-13)19(27)28/h4-7,9H,8,10H2,1-3H3,(H,21,26)(H,27,28). The maximum absolute atomic E-state index is 12.8. The van der Waals surface area contributed by atoms with Crippen LogP contribution in [0.2, 0.25) is 0 Å². The number of fused-ring (bicyclic) bond motifs is 3. The number of ketones is 1. The number of aromatic nitrogens is 3. The van der Waals surface area contributed by atoms with Crippen molar-refractivity contribution in [3.63, 3.8) is 0 Å². The molecule has 144 valence electrons. The smallest absolute Gasteiger partial charge is 0.372 e. The van der Waals surface area contributed by atoms with Gasteiger partial charge < -0.3 is 19.6 Å². The highest BCUT2D eigenvalue weighted by molar-refractivity contribution is 6.04. The molecule has 3 heterocycles. The van der Waals surface area contributed by atoms with Crippen molar-refractivity contribution in [2.45, 2.75) is 25.8 Å². The summed E-state index contributed by atoms with van der Waals surface area (Å²) in [5.74, 6) is -1.53. The molecule has 0 saturated carbocycles. The van der Waals surface area contributed by atoms with E-state index in [2.05, 4.69) is 10.3 Å². The fraction of sp³-hybridized carbons (Fsp3) is 0.300. The van der Waals surface area contributed by atoms with Crippen molar-refractivity contribution >= 4 is 28.6 Å². The number of carboxylic acids is 1. The predicted molar refractivity (Wildman–Crippen MR) is 102 cm³/mol. The topological polar surface area (TPSA) is 106 Å². The molecule has 3 aromatic rings. The van der Waals surface area contributed by atoms with Gasteiger partial charge in [-0.3, -0.25) is 9.59 Å². The number of amides is 1. The highest BCUT2D eigenvalue weighted by Crippen LogP contribution is 2.31. The Kier molecular flexibility index (Phi) is 3.88. The number of hydrogen-bond acceptors (Lipinski definition) is 4. The number of aryl methyl sites for hydroxylation is 1. The van der Waals surface area contributed by atoms with Crippen LogP contribution in [0.15, 0.2) is 30.5 Å². The Balaban J connectivity index is 1.72. The van der Waals surface area contributed by atoms with Crippen LogP contribution in [0.1, 0.15) is 51.0 Å². The fourth-order valence-corrected chi connectivity index (χ4v) is 3.74. The summed E-state index contributed by atoms with van der Waals surface area (Å²) in [4.78, 5) is 40.2. The Labute approximate surface area is 160 Å². The zero-order valence-electron chi connectivity index (χ0n) is 15.8. The van der Waals surface area contributed by atoms with Gasteiger partial charge in [0.1, 0.15) is 5.69 Å². The van der Waals surface area contributed by atoms with Crippen molar-refractivity contribution in [2.75, 3.05) is 6.54 Å². The third-order valence-corrected chi connectivity index (χ3v) is 5.11. The third kappa shape index (κ3) is 2.77. The molecule has 0 saturated heterocycles. The van der Waals surface area contributed by atoms with Gasteiger partial charge in [0.15, 0.2) is 5.78 Å². The van der Waals surface area contributed by atoms with Crippen LogP contribution in [0.5, 0.6) is 0 Å². The lowest BCUT2D eigenvalue weighted by atomic mass is 10.0. The normalized spacial score (nSPS) is 15.3.